The molecule has 0 bridgehead atoms. The molecule has 5 atom stereocenters. The Labute approximate surface area is 346 Å². The maximum absolute atomic E-state index is 14.3. The highest BCUT2D eigenvalue weighted by Gasteiger charge is 2.61. The van der Waals surface area contributed by atoms with Crippen molar-refractivity contribution in [1.29, 1.82) is 0 Å². The van der Waals surface area contributed by atoms with Crippen molar-refractivity contribution < 1.29 is 28.5 Å². The minimum absolute atomic E-state index is 0.0541. The Morgan fingerprint density at radius 2 is 1.10 bits per heavy atom. The first-order chi connectivity index (χ1) is 28.5. The fourth-order valence-corrected chi connectivity index (χ4v) is 8.42. The van der Waals surface area contributed by atoms with Gasteiger partial charge >= 0.3 is 0 Å². The fraction of sp³-hybridized carbons (Fsp3) is 0.275. The molecule has 0 amide bonds. The molecule has 0 aromatic heterocycles. The Hall–Kier alpha value is -4.92. The van der Waals surface area contributed by atoms with Crippen molar-refractivity contribution in [3.8, 4) is 0 Å². The number of aryl methyl sites for hydroxylation is 1. The number of hydrogen-bond donors (Lipinski definition) is 0. The van der Waals surface area contributed by atoms with Crippen LogP contribution in [0.2, 0.25) is 5.02 Å². The van der Waals surface area contributed by atoms with Crippen molar-refractivity contribution in [3.63, 3.8) is 0 Å². The Morgan fingerprint density at radius 3 is 1.66 bits per heavy atom. The van der Waals surface area contributed by atoms with Gasteiger partial charge in [0.2, 0.25) is 0 Å². The fourth-order valence-electron chi connectivity index (χ4n) is 8.19. The summed E-state index contributed by atoms with van der Waals surface area (Å²) in [6, 6.07) is 52.8. The second-order valence-corrected chi connectivity index (χ2v) is 15.6. The van der Waals surface area contributed by atoms with Crippen LogP contribution >= 0.6 is 11.6 Å². The van der Waals surface area contributed by atoms with Gasteiger partial charge in [0.1, 0.15) is 30.0 Å². The van der Waals surface area contributed by atoms with Crippen LogP contribution in [0.4, 0.5) is 0 Å². The molecule has 8 rings (SSSR count). The highest BCUT2D eigenvalue weighted by molar-refractivity contribution is 6.32. The third-order valence-corrected chi connectivity index (χ3v) is 11.6. The summed E-state index contributed by atoms with van der Waals surface area (Å²) in [4.78, 5) is 14.3. The summed E-state index contributed by atoms with van der Waals surface area (Å²) in [5, 5.41) is 0.546. The van der Waals surface area contributed by atoms with Crippen LogP contribution < -0.4 is 0 Å². The molecule has 6 aromatic rings. The summed E-state index contributed by atoms with van der Waals surface area (Å²) < 4.78 is 34.9. The molecule has 0 unspecified atom stereocenters. The first-order valence-corrected chi connectivity index (χ1v) is 20.6. The van der Waals surface area contributed by atoms with Crippen molar-refractivity contribution in [3.05, 3.63) is 213 Å². The average Bonchev–Trinajstić information content (AvgIpc) is 3.53. The van der Waals surface area contributed by atoms with Gasteiger partial charge in [-0.05, 0) is 63.4 Å². The summed E-state index contributed by atoms with van der Waals surface area (Å²) in [6.07, 6.45) is -1.09. The Bertz CT molecular complexity index is 2230. The van der Waals surface area contributed by atoms with Gasteiger partial charge in [-0.3, -0.25) is 4.79 Å². The summed E-state index contributed by atoms with van der Waals surface area (Å²) in [7, 11) is 0. The molecule has 6 aromatic carbocycles. The topological polar surface area (TPSA) is 63.2 Å². The van der Waals surface area contributed by atoms with Crippen LogP contribution in [-0.2, 0) is 68.6 Å². The molecule has 0 radical (unpaired) electrons. The first kappa shape index (κ1) is 39.9. The molecular weight excluding hydrogens is 744 g/mol. The number of carbonyl (C=O) groups is 1. The summed E-state index contributed by atoms with van der Waals surface area (Å²) >= 11 is 7.02. The Balaban J connectivity index is 1.23. The van der Waals surface area contributed by atoms with Gasteiger partial charge in [0.05, 0.1) is 33.0 Å². The number of ketones is 1. The van der Waals surface area contributed by atoms with E-state index < -0.39 is 30.0 Å². The molecule has 6 nitrogen and oxygen atoms in total. The van der Waals surface area contributed by atoms with Crippen LogP contribution in [0.25, 0.3) is 0 Å². The lowest BCUT2D eigenvalue weighted by atomic mass is 9.79. The lowest BCUT2D eigenvalue weighted by Gasteiger charge is -2.52. The first-order valence-electron chi connectivity index (χ1n) is 20.2. The van der Waals surface area contributed by atoms with Gasteiger partial charge in [-0.1, -0.05) is 170 Å². The molecule has 1 heterocycles. The molecule has 0 saturated carbocycles. The molecule has 296 valence electrons. The quantitative estimate of drug-likeness (QED) is 0.0973. The van der Waals surface area contributed by atoms with E-state index in [1.165, 1.54) is 5.56 Å². The summed E-state index contributed by atoms with van der Waals surface area (Å²) in [6.45, 7) is 3.62. The second kappa shape index (κ2) is 18.8. The molecular formula is C51H49ClO6. The number of carbonyl (C=O) groups excluding carboxylic acids is 1. The maximum Gasteiger partial charge on any atom is 0.166 e. The van der Waals surface area contributed by atoms with Gasteiger partial charge in [-0.25, -0.2) is 0 Å². The maximum atomic E-state index is 14.3. The predicted octanol–water partition coefficient (Wildman–Crippen LogP) is 10.6. The largest absolute Gasteiger partial charge is 0.374 e. The van der Waals surface area contributed by atoms with E-state index in [2.05, 4.69) is 37.3 Å². The zero-order valence-corrected chi connectivity index (χ0v) is 33.6. The lowest BCUT2D eigenvalue weighted by Crippen LogP contribution is -2.65. The monoisotopic (exact) mass is 792 g/mol. The minimum atomic E-state index is -1.23. The van der Waals surface area contributed by atoms with Crippen LogP contribution in [0.3, 0.4) is 0 Å². The number of rotatable bonds is 16. The van der Waals surface area contributed by atoms with Crippen LogP contribution in [-0.4, -0.2) is 36.8 Å². The number of Topliss-reactive ketones (excluding diaryl/α,β-unsaturated/α-hetero) is 1. The smallest absolute Gasteiger partial charge is 0.166 e. The van der Waals surface area contributed by atoms with E-state index in [4.69, 9.17) is 35.3 Å². The van der Waals surface area contributed by atoms with E-state index in [-0.39, 0.29) is 25.4 Å². The molecule has 1 saturated heterocycles. The summed E-state index contributed by atoms with van der Waals surface area (Å²) in [5.41, 5.74) is 7.43. The van der Waals surface area contributed by atoms with Crippen LogP contribution in [0.15, 0.2) is 158 Å². The SMILES string of the molecule is CCc1ccc(Cc2cc3c(cc2Cl)C(=O)C[C@]32O[C@H](COCc3ccccc3)[C@@H](OCc3ccccc3)[C@H](OCc3ccccc3)[C@H]2OCc2ccccc2)cc1. The van der Waals surface area contributed by atoms with Crippen LogP contribution in [0.5, 0.6) is 0 Å². The number of benzene rings is 6. The molecule has 1 aliphatic carbocycles. The van der Waals surface area contributed by atoms with Crippen LogP contribution in [0, 0.1) is 0 Å². The molecule has 7 heteroatoms. The number of ether oxygens (including phenoxy) is 5. The number of halogens is 1. The zero-order valence-electron chi connectivity index (χ0n) is 32.8. The second-order valence-electron chi connectivity index (χ2n) is 15.2. The van der Waals surface area contributed by atoms with E-state index in [9.17, 15) is 4.79 Å². The van der Waals surface area contributed by atoms with Gasteiger partial charge in [0, 0.05) is 17.0 Å². The molecule has 1 spiro atoms. The predicted molar refractivity (Wildman–Crippen MR) is 227 cm³/mol. The number of hydrogen-bond acceptors (Lipinski definition) is 6. The molecule has 1 aliphatic heterocycles. The van der Waals surface area contributed by atoms with Crippen molar-refractivity contribution in [2.45, 2.75) is 82.6 Å². The highest BCUT2D eigenvalue weighted by Crippen LogP contribution is 2.51. The highest BCUT2D eigenvalue weighted by atomic mass is 35.5. The Morgan fingerprint density at radius 1 is 0.603 bits per heavy atom. The van der Waals surface area contributed by atoms with Gasteiger partial charge in [-0.2, -0.15) is 0 Å². The molecule has 1 fully saturated rings. The van der Waals surface area contributed by atoms with Crippen molar-refractivity contribution in [2.24, 2.45) is 0 Å². The van der Waals surface area contributed by atoms with Crippen molar-refractivity contribution in [1.82, 2.24) is 0 Å². The van der Waals surface area contributed by atoms with E-state index in [1.807, 2.05) is 127 Å². The van der Waals surface area contributed by atoms with Crippen molar-refractivity contribution in [2.75, 3.05) is 6.61 Å². The van der Waals surface area contributed by atoms with Crippen molar-refractivity contribution >= 4 is 17.4 Å². The van der Waals surface area contributed by atoms with E-state index >= 15 is 0 Å². The number of fused-ring (bicyclic) bond motifs is 2. The molecule has 2 aliphatic rings. The third-order valence-electron chi connectivity index (χ3n) is 11.2. The Kier molecular flexibility index (Phi) is 12.9. The van der Waals surface area contributed by atoms with Crippen LogP contribution in [0.1, 0.15) is 68.2 Å². The van der Waals surface area contributed by atoms with E-state index in [0.717, 1.165) is 45.4 Å². The lowest BCUT2D eigenvalue weighted by molar-refractivity contribution is -0.311. The van der Waals surface area contributed by atoms with Gasteiger partial charge in [0.25, 0.3) is 0 Å². The minimum Gasteiger partial charge on any atom is -0.374 e. The van der Waals surface area contributed by atoms with Gasteiger partial charge < -0.3 is 23.7 Å². The summed E-state index contributed by atoms with van der Waals surface area (Å²) in [5.74, 6) is -0.0570. The van der Waals surface area contributed by atoms with E-state index in [1.54, 1.807) is 0 Å². The normalized spacial score (nSPS) is 21.3. The van der Waals surface area contributed by atoms with E-state index in [0.29, 0.717) is 36.8 Å². The standard InChI is InChI=1S/C51H49ClO6/c1-2-36-23-25-37(26-24-36)27-42-28-44-43(29-45(42)52)46(53)30-51(44)50(57-34-41-21-13-6-14-22-41)49(56-33-40-19-11-5-12-20-40)48(55-32-39-17-9-4-10-18-39)47(58-51)35-54-31-38-15-7-3-8-16-38/h3-26,28-29,47-50H,2,27,30-35H2,1H3/t47-,48-,49+,50-,51+/m1/s1. The van der Waals surface area contributed by atoms with Gasteiger partial charge in [-0.15, -0.1) is 0 Å². The molecule has 58 heavy (non-hydrogen) atoms. The molecule has 0 N–H and O–H groups in total. The zero-order chi connectivity index (χ0) is 39.7. The average molecular weight is 793 g/mol. The third kappa shape index (κ3) is 9.19. The van der Waals surface area contributed by atoms with Gasteiger partial charge in [0.15, 0.2) is 5.78 Å².